The first-order valence-electron chi connectivity index (χ1n) is 14.2. The van der Waals surface area contributed by atoms with Crippen LogP contribution in [0.1, 0.15) is 51.7 Å². The molecule has 40 heavy (non-hydrogen) atoms. The molecule has 0 aromatic heterocycles. The number of benzene rings is 2. The van der Waals surface area contributed by atoms with E-state index in [-0.39, 0.29) is 11.6 Å². The first-order valence-corrected chi connectivity index (χ1v) is 17.9. The van der Waals surface area contributed by atoms with Crippen LogP contribution in [0.25, 0.3) is 0 Å². The summed E-state index contributed by atoms with van der Waals surface area (Å²) >= 11 is 0. The Morgan fingerprint density at radius 2 is 1.50 bits per heavy atom. The fraction of sp³-hybridized carbons (Fsp3) is 0.471. The second-order valence-electron chi connectivity index (χ2n) is 11.3. The Bertz CT molecular complexity index is 1110. The summed E-state index contributed by atoms with van der Waals surface area (Å²) in [5.41, 5.74) is 5.02. The molecule has 0 atom stereocenters. The van der Waals surface area contributed by atoms with Crippen LogP contribution in [0.4, 0.5) is 0 Å². The minimum absolute atomic E-state index is 0.0538. The van der Waals surface area contributed by atoms with Gasteiger partial charge in [-0.15, -0.1) is 0 Å². The Morgan fingerprint density at radius 3 is 1.90 bits per heavy atom. The topological polar surface area (TPSA) is 49.9 Å². The maximum Gasteiger partial charge on any atom is 0.202 e. The van der Waals surface area contributed by atoms with Gasteiger partial charge in [-0.1, -0.05) is 100 Å². The fourth-order valence-corrected chi connectivity index (χ4v) is 6.00. The zero-order chi connectivity index (χ0) is 30.0. The van der Waals surface area contributed by atoms with Crippen molar-refractivity contribution >= 4 is 19.6 Å². The summed E-state index contributed by atoms with van der Waals surface area (Å²) in [6.45, 7) is 18.7. The van der Waals surface area contributed by atoms with Crippen molar-refractivity contribution in [2.24, 2.45) is 0 Å². The number of hydrogen-bond acceptors (Lipinski definition) is 5. The van der Waals surface area contributed by atoms with Gasteiger partial charge in [0.15, 0.2) is 5.78 Å². The van der Waals surface area contributed by atoms with Crippen LogP contribution >= 0.6 is 0 Å². The molecule has 0 N–H and O–H groups in total. The summed E-state index contributed by atoms with van der Waals surface area (Å²) in [6, 6.07) is 21.0. The molecule has 1 heterocycles. The van der Waals surface area contributed by atoms with Crippen LogP contribution < -0.4 is 0 Å². The monoisotopic (exact) mass is 562 g/mol. The van der Waals surface area contributed by atoms with Gasteiger partial charge in [-0.25, -0.2) is 0 Å². The minimum atomic E-state index is -1.07. The lowest BCUT2D eigenvalue weighted by Crippen LogP contribution is -2.40. The lowest BCUT2D eigenvalue weighted by atomic mass is 10.1. The highest BCUT2D eigenvalue weighted by Crippen LogP contribution is 2.22. The van der Waals surface area contributed by atoms with Gasteiger partial charge in [0, 0.05) is 52.2 Å². The summed E-state index contributed by atoms with van der Waals surface area (Å²) in [7, 11) is 0.701. The number of methoxy groups -OCH3 is 1. The first-order chi connectivity index (χ1) is 19.0. The predicted octanol–water partition coefficient (Wildman–Crippen LogP) is 6.76. The first kappa shape index (κ1) is 35.2. The van der Waals surface area contributed by atoms with Crippen molar-refractivity contribution in [1.29, 1.82) is 0 Å². The highest BCUT2D eigenvalue weighted by atomic mass is 28.3. The number of Topliss-reactive ketones (excluding diaryl/α,β-unsaturated/α-hetero) is 2. The lowest BCUT2D eigenvalue weighted by molar-refractivity contribution is -0.114. The van der Waals surface area contributed by atoms with Crippen LogP contribution in [-0.4, -0.2) is 62.5 Å². The smallest absolute Gasteiger partial charge is 0.202 e. The summed E-state index contributed by atoms with van der Waals surface area (Å²) in [6.07, 6.45) is 2.93. The summed E-state index contributed by atoms with van der Waals surface area (Å²) in [5.74, 6) is 5.23. The van der Waals surface area contributed by atoms with E-state index in [0.717, 1.165) is 51.3 Å². The molecule has 3 rings (SSSR count). The van der Waals surface area contributed by atoms with E-state index in [0.29, 0.717) is 0 Å². The van der Waals surface area contributed by atoms with Gasteiger partial charge in [-0.3, -0.25) is 19.4 Å². The van der Waals surface area contributed by atoms with Crippen molar-refractivity contribution in [3.8, 4) is 11.8 Å². The maximum atomic E-state index is 11.5. The third-order valence-corrected chi connectivity index (χ3v) is 7.42. The van der Waals surface area contributed by atoms with Crippen LogP contribution in [0, 0.1) is 11.8 Å². The van der Waals surface area contributed by atoms with E-state index in [1.54, 1.807) is 14.0 Å². The van der Waals surface area contributed by atoms with E-state index in [9.17, 15) is 9.59 Å². The van der Waals surface area contributed by atoms with Crippen molar-refractivity contribution < 1.29 is 14.3 Å². The maximum absolute atomic E-state index is 11.5. The van der Waals surface area contributed by atoms with E-state index in [1.165, 1.54) is 29.8 Å². The van der Waals surface area contributed by atoms with Crippen LogP contribution in [0.2, 0.25) is 19.6 Å². The van der Waals surface area contributed by atoms with E-state index in [4.69, 9.17) is 4.74 Å². The Morgan fingerprint density at radius 1 is 0.925 bits per heavy atom. The van der Waals surface area contributed by atoms with Gasteiger partial charge in [-0.2, -0.15) is 0 Å². The Hall–Kier alpha value is -2.82. The van der Waals surface area contributed by atoms with E-state index in [1.807, 2.05) is 13.0 Å². The SMILES string of the molecule is CCC#CC(C)=O.CCC1=C(C(C)=O)CN(Cc2ccccc2)C1.COCN(Cc1ccccc1)C[Si](C)(C)C. The van der Waals surface area contributed by atoms with Crippen molar-refractivity contribution in [3.63, 3.8) is 0 Å². The third-order valence-electron chi connectivity index (χ3n) is 6.02. The molecular formula is C34H50N2O3Si. The standard InChI is InChI=1S/C15H19NO.C13H23NOSi.C6H8O/c1-3-14-10-16(11-15(14)12(2)17)9-13-7-5-4-6-8-13;1-15-11-14(12-16(2,3)4)10-13-8-6-5-7-9-13;1-3-4-5-6(2)7/h4-8H,3,9-11H2,1-2H3;5-9H,10-12H2,1-4H3;3H2,1-2H3. The number of carbonyl (C=O) groups is 2. The minimum Gasteiger partial charge on any atom is -0.369 e. The predicted molar refractivity (Wildman–Crippen MR) is 171 cm³/mol. The van der Waals surface area contributed by atoms with Gasteiger partial charge in [0.25, 0.3) is 0 Å². The highest BCUT2D eigenvalue weighted by molar-refractivity contribution is 6.76. The molecule has 0 amide bonds. The van der Waals surface area contributed by atoms with Crippen LogP contribution in [0.15, 0.2) is 71.8 Å². The molecule has 5 nitrogen and oxygen atoms in total. The molecule has 1 aliphatic rings. The van der Waals surface area contributed by atoms with Crippen LogP contribution in [0.3, 0.4) is 0 Å². The number of ketones is 2. The molecule has 0 saturated carbocycles. The molecule has 0 fully saturated rings. The average Bonchev–Trinajstić information content (AvgIpc) is 3.32. The lowest BCUT2D eigenvalue weighted by Gasteiger charge is -2.28. The van der Waals surface area contributed by atoms with Gasteiger partial charge in [0.05, 0.1) is 14.8 Å². The molecule has 1 aliphatic heterocycles. The number of hydrogen-bond donors (Lipinski definition) is 0. The molecule has 2 aromatic carbocycles. The fourth-order valence-electron chi connectivity index (χ4n) is 4.45. The second kappa shape index (κ2) is 19.3. The van der Waals surface area contributed by atoms with Crippen molar-refractivity contribution in [2.75, 3.05) is 33.1 Å². The molecule has 0 radical (unpaired) electrons. The number of carbonyl (C=O) groups excluding carboxylic acids is 2. The van der Waals surface area contributed by atoms with Gasteiger partial charge < -0.3 is 4.74 Å². The summed E-state index contributed by atoms with van der Waals surface area (Å²) in [4.78, 5) is 26.3. The van der Waals surface area contributed by atoms with E-state index in [2.05, 4.69) is 103 Å². The molecule has 0 unspecified atom stereocenters. The van der Waals surface area contributed by atoms with Gasteiger partial charge in [0.1, 0.15) is 0 Å². The molecule has 0 aliphatic carbocycles. The molecule has 6 heteroatoms. The normalized spacial score (nSPS) is 13.0. The quantitative estimate of drug-likeness (QED) is 0.139. The highest BCUT2D eigenvalue weighted by Gasteiger charge is 2.23. The zero-order valence-electron chi connectivity index (χ0n) is 26.0. The molecule has 0 spiro atoms. The number of nitrogens with zero attached hydrogens (tertiary/aromatic N) is 2. The molecular weight excluding hydrogens is 512 g/mol. The van der Waals surface area contributed by atoms with Gasteiger partial charge in [-0.05, 0) is 42.1 Å². The van der Waals surface area contributed by atoms with E-state index >= 15 is 0 Å². The van der Waals surface area contributed by atoms with Crippen molar-refractivity contribution in [3.05, 3.63) is 82.9 Å². The molecule has 0 saturated heterocycles. The summed E-state index contributed by atoms with van der Waals surface area (Å²) in [5, 5.41) is 0. The largest absolute Gasteiger partial charge is 0.369 e. The zero-order valence-corrected chi connectivity index (χ0v) is 27.0. The van der Waals surface area contributed by atoms with Crippen molar-refractivity contribution in [1.82, 2.24) is 9.80 Å². The Labute approximate surface area is 244 Å². The van der Waals surface area contributed by atoms with Crippen molar-refractivity contribution in [2.45, 2.75) is 73.3 Å². The summed E-state index contributed by atoms with van der Waals surface area (Å²) < 4.78 is 5.27. The second-order valence-corrected chi connectivity index (χ2v) is 16.7. The van der Waals surface area contributed by atoms with Crippen LogP contribution in [-0.2, 0) is 27.4 Å². The Kier molecular flexibility index (Phi) is 17.0. The molecule has 218 valence electrons. The van der Waals surface area contributed by atoms with Gasteiger partial charge in [0.2, 0.25) is 5.78 Å². The van der Waals surface area contributed by atoms with Crippen LogP contribution in [0.5, 0.6) is 0 Å². The number of ether oxygens (including phenoxy) is 1. The number of rotatable bonds is 10. The third kappa shape index (κ3) is 15.7. The van der Waals surface area contributed by atoms with E-state index < -0.39 is 8.07 Å². The molecule has 2 aromatic rings. The van der Waals surface area contributed by atoms with Gasteiger partial charge >= 0.3 is 0 Å². The Balaban J connectivity index is 0.000000326. The molecule has 0 bridgehead atoms. The average molecular weight is 563 g/mol.